The fraction of sp³-hybridized carbons (Fsp3) is 0.833. The fourth-order valence-electron chi connectivity index (χ4n) is 1.74. The molecule has 0 bridgehead atoms. The van der Waals surface area contributed by atoms with Crippen molar-refractivity contribution < 1.29 is 0 Å². The summed E-state index contributed by atoms with van der Waals surface area (Å²) in [6, 6.07) is 0. The first-order valence-corrected chi connectivity index (χ1v) is 5.63. The zero-order valence-corrected chi connectivity index (χ0v) is 11.0. The number of aryl methyl sites for hydroxylation is 1. The van der Waals surface area contributed by atoms with Crippen molar-refractivity contribution in [1.82, 2.24) is 14.8 Å². The highest BCUT2D eigenvalue weighted by molar-refractivity contribution is 5.09. The number of hydrogen-bond acceptors (Lipinski definition) is 2. The summed E-state index contributed by atoms with van der Waals surface area (Å²) in [6.07, 6.45) is 0.931. The van der Waals surface area contributed by atoms with E-state index >= 15 is 0 Å². The second-order valence-corrected chi connectivity index (χ2v) is 6.05. The van der Waals surface area contributed by atoms with Gasteiger partial charge in [0.05, 0.1) is 0 Å². The summed E-state index contributed by atoms with van der Waals surface area (Å²) in [5, 5.41) is 8.62. The van der Waals surface area contributed by atoms with Crippen LogP contribution in [0, 0.1) is 0 Å². The molecule has 0 fully saturated rings. The van der Waals surface area contributed by atoms with Gasteiger partial charge < -0.3 is 4.57 Å². The van der Waals surface area contributed by atoms with Gasteiger partial charge in [0, 0.05) is 17.4 Å². The molecule has 0 N–H and O–H groups in total. The first-order chi connectivity index (χ1) is 6.68. The molecule has 0 amide bonds. The normalized spacial score (nSPS) is 13.3. The standard InChI is InChI=1S/C12H23N3/c1-8-9-13-14-10(11(2,3)4)15(9)12(5,6)7/h8H2,1-7H3. The third-order valence-electron chi connectivity index (χ3n) is 2.39. The maximum absolute atomic E-state index is 4.34. The Morgan fingerprint density at radius 3 is 1.87 bits per heavy atom. The fourth-order valence-corrected chi connectivity index (χ4v) is 1.74. The minimum absolute atomic E-state index is 0.0493. The van der Waals surface area contributed by atoms with Crippen LogP contribution in [0.2, 0.25) is 0 Å². The van der Waals surface area contributed by atoms with E-state index in [9.17, 15) is 0 Å². The molecule has 1 aromatic rings. The van der Waals surface area contributed by atoms with Crippen molar-refractivity contribution in [1.29, 1.82) is 0 Å². The smallest absolute Gasteiger partial charge is 0.138 e. The van der Waals surface area contributed by atoms with Crippen molar-refractivity contribution in [2.75, 3.05) is 0 Å². The van der Waals surface area contributed by atoms with Crippen molar-refractivity contribution in [3.8, 4) is 0 Å². The number of rotatable bonds is 1. The maximum Gasteiger partial charge on any atom is 0.138 e. The number of nitrogens with zero attached hydrogens (tertiary/aromatic N) is 3. The van der Waals surface area contributed by atoms with E-state index in [1.54, 1.807) is 0 Å². The molecule has 86 valence electrons. The summed E-state index contributed by atoms with van der Waals surface area (Å²) < 4.78 is 2.27. The topological polar surface area (TPSA) is 30.7 Å². The summed E-state index contributed by atoms with van der Waals surface area (Å²) in [4.78, 5) is 0. The highest BCUT2D eigenvalue weighted by Gasteiger charge is 2.28. The molecule has 15 heavy (non-hydrogen) atoms. The number of aromatic nitrogens is 3. The lowest BCUT2D eigenvalue weighted by molar-refractivity contribution is 0.344. The Hall–Kier alpha value is -0.860. The zero-order chi connectivity index (χ0) is 11.9. The van der Waals surface area contributed by atoms with Gasteiger partial charge in [0.2, 0.25) is 0 Å². The third-order valence-corrected chi connectivity index (χ3v) is 2.39. The van der Waals surface area contributed by atoms with Crippen molar-refractivity contribution >= 4 is 0 Å². The molecular formula is C12H23N3. The lowest BCUT2D eigenvalue weighted by atomic mass is 9.94. The van der Waals surface area contributed by atoms with Gasteiger partial charge in [-0.05, 0) is 20.8 Å². The van der Waals surface area contributed by atoms with Gasteiger partial charge in [-0.2, -0.15) is 0 Å². The minimum atomic E-state index is 0.0493. The SMILES string of the molecule is CCc1nnc(C(C)(C)C)n1C(C)(C)C. The van der Waals surface area contributed by atoms with E-state index in [-0.39, 0.29) is 11.0 Å². The highest BCUT2D eigenvalue weighted by atomic mass is 15.3. The zero-order valence-electron chi connectivity index (χ0n) is 11.0. The molecule has 0 radical (unpaired) electrons. The Labute approximate surface area is 92.9 Å². The van der Waals surface area contributed by atoms with Gasteiger partial charge >= 0.3 is 0 Å². The molecule has 3 nitrogen and oxygen atoms in total. The Morgan fingerprint density at radius 2 is 1.53 bits per heavy atom. The van der Waals surface area contributed by atoms with E-state index in [2.05, 4.69) is 63.2 Å². The van der Waals surface area contributed by atoms with Crippen LogP contribution in [0.4, 0.5) is 0 Å². The van der Waals surface area contributed by atoms with Crippen LogP contribution in [-0.2, 0) is 17.4 Å². The minimum Gasteiger partial charge on any atom is -0.309 e. The Morgan fingerprint density at radius 1 is 1.00 bits per heavy atom. The lowest BCUT2D eigenvalue weighted by Crippen LogP contribution is -2.31. The molecular weight excluding hydrogens is 186 g/mol. The Kier molecular flexibility index (Phi) is 2.94. The summed E-state index contributed by atoms with van der Waals surface area (Å²) in [6.45, 7) is 15.3. The molecule has 0 atom stereocenters. The molecule has 0 aliphatic rings. The molecule has 0 aliphatic heterocycles. The molecule has 0 aliphatic carbocycles. The van der Waals surface area contributed by atoms with Crippen molar-refractivity contribution in [2.45, 2.75) is 65.8 Å². The third kappa shape index (κ3) is 2.39. The van der Waals surface area contributed by atoms with E-state index in [0.29, 0.717) is 0 Å². The van der Waals surface area contributed by atoms with Crippen LogP contribution in [-0.4, -0.2) is 14.8 Å². The van der Waals surface area contributed by atoms with Crippen LogP contribution in [0.15, 0.2) is 0 Å². The van der Waals surface area contributed by atoms with Crippen molar-refractivity contribution in [3.05, 3.63) is 11.6 Å². The average Bonchev–Trinajstić information content (AvgIpc) is 2.44. The molecule has 0 spiro atoms. The second kappa shape index (κ2) is 3.62. The highest BCUT2D eigenvalue weighted by Crippen LogP contribution is 2.27. The van der Waals surface area contributed by atoms with Crippen LogP contribution in [0.3, 0.4) is 0 Å². The van der Waals surface area contributed by atoms with Gasteiger partial charge in [0.25, 0.3) is 0 Å². The van der Waals surface area contributed by atoms with Gasteiger partial charge in [-0.25, -0.2) is 0 Å². The predicted octanol–water partition coefficient (Wildman–Crippen LogP) is 2.89. The van der Waals surface area contributed by atoms with Gasteiger partial charge in [0.1, 0.15) is 11.6 Å². The summed E-state index contributed by atoms with van der Waals surface area (Å²) in [7, 11) is 0. The Bertz CT molecular complexity index is 337. The van der Waals surface area contributed by atoms with Crippen LogP contribution in [0.1, 0.15) is 60.1 Å². The molecule has 1 heterocycles. The van der Waals surface area contributed by atoms with Gasteiger partial charge in [0.15, 0.2) is 0 Å². The first kappa shape index (κ1) is 12.2. The Balaban J connectivity index is 3.37. The van der Waals surface area contributed by atoms with E-state index in [4.69, 9.17) is 0 Å². The molecule has 0 unspecified atom stereocenters. The van der Waals surface area contributed by atoms with Crippen LogP contribution in [0.25, 0.3) is 0 Å². The maximum atomic E-state index is 4.34. The first-order valence-electron chi connectivity index (χ1n) is 5.63. The predicted molar refractivity (Wildman–Crippen MR) is 63.1 cm³/mol. The van der Waals surface area contributed by atoms with Gasteiger partial charge in [-0.1, -0.05) is 27.7 Å². The van der Waals surface area contributed by atoms with Gasteiger partial charge in [-0.3, -0.25) is 0 Å². The van der Waals surface area contributed by atoms with Gasteiger partial charge in [-0.15, -0.1) is 10.2 Å². The van der Waals surface area contributed by atoms with Crippen LogP contribution < -0.4 is 0 Å². The van der Waals surface area contributed by atoms with Crippen molar-refractivity contribution in [3.63, 3.8) is 0 Å². The van der Waals surface area contributed by atoms with E-state index < -0.39 is 0 Å². The molecule has 0 saturated carbocycles. The van der Waals surface area contributed by atoms with Crippen LogP contribution in [0.5, 0.6) is 0 Å². The van der Waals surface area contributed by atoms with E-state index in [1.807, 2.05) is 0 Å². The molecule has 0 aromatic carbocycles. The number of hydrogen-bond donors (Lipinski definition) is 0. The van der Waals surface area contributed by atoms with Crippen molar-refractivity contribution in [2.24, 2.45) is 0 Å². The molecule has 1 rings (SSSR count). The summed E-state index contributed by atoms with van der Waals surface area (Å²) in [5.74, 6) is 2.15. The summed E-state index contributed by atoms with van der Waals surface area (Å²) >= 11 is 0. The second-order valence-electron chi connectivity index (χ2n) is 6.05. The summed E-state index contributed by atoms with van der Waals surface area (Å²) in [5.41, 5.74) is 0.102. The van der Waals surface area contributed by atoms with E-state index in [1.165, 1.54) is 0 Å². The molecule has 0 saturated heterocycles. The molecule has 3 heteroatoms. The molecule has 1 aromatic heterocycles. The largest absolute Gasteiger partial charge is 0.309 e. The average molecular weight is 209 g/mol. The lowest BCUT2D eigenvalue weighted by Gasteiger charge is -2.29. The van der Waals surface area contributed by atoms with E-state index in [0.717, 1.165) is 18.1 Å². The monoisotopic (exact) mass is 209 g/mol. The van der Waals surface area contributed by atoms with Crippen LogP contribution >= 0.6 is 0 Å². The quantitative estimate of drug-likeness (QED) is 0.712.